The first-order valence-corrected chi connectivity index (χ1v) is 6.04. The second-order valence-corrected chi connectivity index (χ2v) is 4.75. The first-order chi connectivity index (χ1) is 9.06. The van der Waals surface area contributed by atoms with Gasteiger partial charge in [-0.3, -0.25) is 4.68 Å². The van der Waals surface area contributed by atoms with Crippen LogP contribution in [0.15, 0.2) is 36.5 Å². The molecule has 0 fully saturated rings. The smallest absolute Gasteiger partial charge is 0.131 e. The van der Waals surface area contributed by atoms with E-state index in [-0.39, 0.29) is 5.82 Å². The number of hydrogen-bond acceptors (Lipinski definition) is 2. The summed E-state index contributed by atoms with van der Waals surface area (Å²) in [6, 6.07) is 8.74. The summed E-state index contributed by atoms with van der Waals surface area (Å²) in [5.74, 6) is -0.265. The van der Waals surface area contributed by atoms with Gasteiger partial charge in [-0.2, -0.15) is 5.10 Å². The number of nitrogens with two attached hydrogens (primary N) is 1. The van der Waals surface area contributed by atoms with Crippen LogP contribution in [0, 0.1) is 12.7 Å². The Balaban J connectivity index is 2.32. The van der Waals surface area contributed by atoms with Gasteiger partial charge in [-0.25, -0.2) is 4.39 Å². The maximum absolute atomic E-state index is 14.0. The average molecular weight is 255 g/mol. The molecule has 1 aromatic heterocycles. The minimum atomic E-state index is -0.265. The average Bonchev–Trinajstić information content (AvgIpc) is 2.73. The molecule has 19 heavy (non-hydrogen) atoms. The maximum Gasteiger partial charge on any atom is 0.131 e. The van der Waals surface area contributed by atoms with Gasteiger partial charge in [0.15, 0.2) is 0 Å². The lowest BCUT2D eigenvalue weighted by atomic mass is 10.00. The second kappa shape index (κ2) is 4.09. The van der Waals surface area contributed by atoms with Crippen LogP contribution in [0.25, 0.3) is 22.0 Å². The van der Waals surface area contributed by atoms with Gasteiger partial charge in [-0.15, -0.1) is 0 Å². The van der Waals surface area contributed by atoms with E-state index < -0.39 is 0 Å². The first kappa shape index (κ1) is 11.7. The molecule has 0 saturated heterocycles. The monoisotopic (exact) mass is 255 g/mol. The first-order valence-electron chi connectivity index (χ1n) is 6.04. The Morgan fingerprint density at radius 3 is 2.74 bits per heavy atom. The third kappa shape index (κ3) is 1.85. The van der Waals surface area contributed by atoms with Crippen molar-refractivity contribution in [2.24, 2.45) is 7.05 Å². The zero-order chi connectivity index (χ0) is 13.6. The van der Waals surface area contributed by atoms with Gasteiger partial charge in [-0.05, 0) is 31.2 Å². The van der Waals surface area contributed by atoms with Crippen molar-refractivity contribution in [3.63, 3.8) is 0 Å². The molecule has 2 N–H and O–H groups in total. The van der Waals surface area contributed by atoms with Crippen molar-refractivity contribution in [3.05, 3.63) is 47.9 Å². The van der Waals surface area contributed by atoms with Crippen LogP contribution in [0.3, 0.4) is 0 Å². The molecule has 0 unspecified atom stereocenters. The second-order valence-electron chi connectivity index (χ2n) is 4.75. The van der Waals surface area contributed by atoms with Gasteiger partial charge < -0.3 is 5.73 Å². The van der Waals surface area contributed by atoms with E-state index >= 15 is 0 Å². The molecule has 3 nitrogen and oxygen atoms in total. The standard InChI is InChI=1S/C15H14FN3/c1-9-3-4-13(16)11(5-9)12-7-15-10(6-14(12)17)8-18-19(15)2/h3-8H,17H2,1-2H3. The van der Waals surface area contributed by atoms with Crippen LogP contribution in [-0.2, 0) is 7.05 Å². The molecule has 3 rings (SSSR count). The number of benzene rings is 2. The molecule has 0 aliphatic carbocycles. The molecule has 0 atom stereocenters. The van der Waals surface area contributed by atoms with Gasteiger partial charge in [-0.1, -0.05) is 11.6 Å². The Bertz CT molecular complexity index is 774. The molecule has 2 aromatic carbocycles. The number of rotatable bonds is 1. The van der Waals surface area contributed by atoms with Crippen LogP contribution in [0.1, 0.15) is 5.56 Å². The fourth-order valence-corrected chi connectivity index (χ4v) is 2.30. The lowest BCUT2D eigenvalue weighted by Gasteiger charge is -2.09. The largest absolute Gasteiger partial charge is 0.398 e. The number of nitrogen functional groups attached to an aromatic ring is 1. The van der Waals surface area contributed by atoms with Gasteiger partial charge in [0.1, 0.15) is 5.82 Å². The molecule has 0 aliphatic rings. The zero-order valence-electron chi connectivity index (χ0n) is 10.8. The van der Waals surface area contributed by atoms with E-state index in [2.05, 4.69) is 5.10 Å². The van der Waals surface area contributed by atoms with E-state index in [1.807, 2.05) is 32.2 Å². The molecule has 0 saturated carbocycles. The molecule has 0 bridgehead atoms. The summed E-state index contributed by atoms with van der Waals surface area (Å²) >= 11 is 0. The van der Waals surface area contributed by atoms with E-state index in [1.54, 1.807) is 16.9 Å². The van der Waals surface area contributed by atoms with E-state index in [4.69, 9.17) is 5.73 Å². The third-order valence-corrected chi connectivity index (χ3v) is 3.33. The van der Waals surface area contributed by atoms with E-state index in [0.717, 1.165) is 16.5 Å². The highest BCUT2D eigenvalue weighted by Gasteiger charge is 2.11. The van der Waals surface area contributed by atoms with Gasteiger partial charge in [0.05, 0.1) is 11.7 Å². The number of fused-ring (bicyclic) bond motifs is 1. The molecule has 0 aliphatic heterocycles. The molecular weight excluding hydrogens is 241 g/mol. The topological polar surface area (TPSA) is 43.8 Å². The van der Waals surface area contributed by atoms with Gasteiger partial charge in [0, 0.05) is 29.2 Å². The normalized spacial score (nSPS) is 11.1. The predicted octanol–water partition coefficient (Wildman–Crippen LogP) is 3.27. The molecule has 0 radical (unpaired) electrons. The highest BCUT2D eigenvalue weighted by molar-refractivity contribution is 5.91. The predicted molar refractivity (Wildman–Crippen MR) is 75.3 cm³/mol. The van der Waals surface area contributed by atoms with Crippen molar-refractivity contribution in [1.82, 2.24) is 9.78 Å². The molecular formula is C15H14FN3. The highest BCUT2D eigenvalue weighted by atomic mass is 19.1. The number of aromatic nitrogens is 2. The Hall–Kier alpha value is -2.36. The molecule has 0 spiro atoms. The van der Waals surface area contributed by atoms with Crippen molar-refractivity contribution >= 4 is 16.6 Å². The summed E-state index contributed by atoms with van der Waals surface area (Å²) in [6.45, 7) is 1.93. The number of anilines is 1. The van der Waals surface area contributed by atoms with Crippen LogP contribution in [0.4, 0.5) is 10.1 Å². The summed E-state index contributed by atoms with van der Waals surface area (Å²) < 4.78 is 15.7. The number of nitrogens with zero attached hydrogens (tertiary/aromatic N) is 2. The lowest BCUT2D eigenvalue weighted by molar-refractivity contribution is 0.631. The minimum absolute atomic E-state index is 0.265. The van der Waals surface area contributed by atoms with E-state index in [1.165, 1.54) is 6.07 Å². The number of hydrogen-bond donors (Lipinski definition) is 1. The minimum Gasteiger partial charge on any atom is -0.398 e. The van der Waals surface area contributed by atoms with Crippen LogP contribution < -0.4 is 5.73 Å². The Labute approximate surface area is 110 Å². The van der Waals surface area contributed by atoms with E-state index in [0.29, 0.717) is 16.8 Å². The van der Waals surface area contributed by atoms with Crippen LogP contribution in [0.5, 0.6) is 0 Å². The van der Waals surface area contributed by atoms with Crippen molar-refractivity contribution < 1.29 is 4.39 Å². The van der Waals surface area contributed by atoms with E-state index in [9.17, 15) is 4.39 Å². The fourth-order valence-electron chi connectivity index (χ4n) is 2.30. The molecule has 3 aromatic rings. The summed E-state index contributed by atoms with van der Waals surface area (Å²) in [6.07, 6.45) is 1.75. The molecule has 1 heterocycles. The van der Waals surface area contributed by atoms with Gasteiger partial charge in [0.25, 0.3) is 0 Å². The summed E-state index contributed by atoms with van der Waals surface area (Å²) in [4.78, 5) is 0. The van der Waals surface area contributed by atoms with Crippen molar-refractivity contribution in [2.45, 2.75) is 6.92 Å². The Kier molecular flexibility index (Phi) is 2.52. The van der Waals surface area contributed by atoms with Gasteiger partial charge >= 0.3 is 0 Å². The molecule has 0 amide bonds. The third-order valence-electron chi connectivity index (χ3n) is 3.33. The summed E-state index contributed by atoms with van der Waals surface area (Å²) in [5, 5.41) is 5.13. The van der Waals surface area contributed by atoms with Crippen LogP contribution in [-0.4, -0.2) is 9.78 Å². The lowest BCUT2D eigenvalue weighted by Crippen LogP contribution is -1.95. The Morgan fingerprint density at radius 2 is 1.95 bits per heavy atom. The van der Waals surface area contributed by atoms with Crippen LogP contribution in [0.2, 0.25) is 0 Å². The summed E-state index contributed by atoms with van der Waals surface area (Å²) in [7, 11) is 1.86. The molecule has 4 heteroatoms. The highest BCUT2D eigenvalue weighted by Crippen LogP contribution is 2.32. The number of aryl methyl sites for hydroxylation is 2. The van der Waals surface area contributed by atoms with Crippen LogP contribution >= 0.6 is 0 Å². The number of halogens is 1. The Morgan fingerprint density at radius 1 is 1.16 bits per heavy atom. The maximum atomic E-state index is 14.0. The SMILES string of the molecule is Cc1ccc(F)c(-c2cc3c(cnn3C)cc2N)c1. The van der Waals surface area contributed by atoms with Crippen molar-refractivity contribution in [1.29, 1.82) is 0 Å². The quantitative estimate of drug-likeness (QED) is 0.678. The van der Waals surface area contributed by atoms with Crippen molar-refractivity contribution in [3.8, 4) is 11.1 Å². The van der Waals surface area contributed by atoms with Crippen molar-refractivity contribution in [2.75, 3.05) is 5.73 Å². The van der Waals surface area contributed by atoms with Gasteiger partial charge in [0.2, 0.25) is 0 Å². The summed E-state index contributed by atoms with van der Waals surface area (Å²) in [5.41, 5.74) is 9.77. The fraction of sp³-hybridized carbons (Fsp3) is 0.133. The zero-order valence-corrected chi connectivity index (χ0v) is 10.8. The molecule has 96 valence electrons.